The number of thiophene rings is 1. The van der Waals surface area contributed by atoms with Gasteiger partial charge in [0, 0.05) is 4.88 Å². The average Bonchev–Trinajstić information content (AvgIpc) is 2.53. The largest absolute Gasteiger partial charge is 0.327 e. The Bertz CT molecular complexity index is 328. The molecule has 0 radical (unpaired) electrons. The van der Waals surface area contributed by atoms with Crippen LogP contribution in [0.25, 0.3) is 0 Å². The highest BCUT2D eigenvalue weighted by atomic mass is 35.5. The Balaban J connectivity index is 3.04. The van der Waals surface area contributed by atoms with Gasteiger partial charge in [0.05, 0.1) is 5.02 Å². The summed E-state index contributed by atoms with van der Waals surface area (Å²) in [6.07, 6.45) is -3.73. The molecule has 1 unspecified atom stereocenters. The molecule has 0 aliphatic heterocycles. The number of hydrogen-bond donors (Lipinski definition) is 1. The van der Waals surface area contributed by atoms with Crippen molar-refractivity contribution in [3.63, 3.8) is 0 Å². The quantitative estimate of drug-likeness (QED) is 0.817. The highest BCUT2D eigenvalue weighted by Gasteiger charge is 2.49. The van der Waals surface area contributed by atoms with Crippen molar-refractivity contribution in [2.75, 3.05) is 7.05 Å². The minimum Gasteiger partial charge on any atom is -0.307 e. The van der Waals surface area contributed by atoms with Crippen LogP contribution < -0.4 is 5.32 Å². The maximum absolute atomic E-state index is 13.1. The smallest absolute Gasteiger partial charge is 0.307 e. The molecule has 0 saturated heterocycles. The fourth-order valence-corrected chi connectivity index (χ4v) is 2.46. The van der Waals surface area contributed by atoms with Crippen molar-refractivity contribution in [3.05, 3.63) is 21.3 Å². The Hall–Kier alpha value is -0.330. The predicted molar refractivity (Wildman–Crippen MR) is 52.1 cm³/mol. The van der Waals surface area contributed by atoms with E-state index < -0.39 is 18.4 Å². The highest BCUT2D eigenvalue weighted by molar-refractivity contribution is 7.10. The van der Waals surface area contributed by atoms with Gasteiger partial charge in [-0.15, -0.1) is 11.3 Å². The maximum Gasteiger partial charge on any atom is 0.327 e. The van der Waals surface area contributed by atoms with Crippen LogP contribution in [0.3, 0.4) is 0 Å². The molecule has 1 nitrogen and oxygen atoms in total. The van der Waals surface area contributed by atoms with E-state index in [0.717, 1.165) is 11.3 Å². The van der Waals surface area contributed by atoms with E-state index >= 15 is 0 Å². The highest BCUT2D eigenvalue weighted by Crippen LogP contribution is 2.41. The summed E-state index contributed by atoms with van der Waals surface area (Å²) in [6.45, 7) is 0. The standard InChI is InChI=1S/C8H8ClF4NS/c1-14-6(8(12,13)7(10)11)5-4(9)2-3-15-5/h2-3,6-7,14H,1H3. The Morgan fingerprint density at radius 2 is 2.07 bits per heavy atom. The summed E-state index contributed by atoms with van der Waals surface area (Å²) >= 11 is 6.53. The third kappa shape index (κ3) is 2.43. The molecular formula is C8H8ClF4NS. The van der Waals surface area contributed by atoms with E-state index in [0.29, 0.717) is 0 Å². The topological polar surface area (TPSA) is 12.0 Å². The van der Waals surface area contributed by atoms with Crippen LogP contribution in [0.4, 0.5) is 17.6 Å². The van der Waals surface area contributed by atoms with Crippen molar-refractivity contribution in [2.24, 2.45) is 0 Å². The maximum atomic E-state index is 13.1. The lowest BCUT2D eigenvalue weighted by molar-refractivity contribution is -0.149. The summed E-state index contributed by atoms with van der Waals surface area (Å²) < 4.78 is 50.5. The van der Waals surface area contributed by atoms with Gasteiger partial charge in [-0.3, -0.25) is 0 Å². The van der Waals surface area contributed by atoms with Crippen LogP contribution in [0.1, 0.15) is 10.9 Å². The molecule has 0 aliphatic carbocycles. The first-order valence-electron chi connectivity index (χ1n) is 3.97. The molecule has 1 atom stereocenters. The normalized spacial score (nSPS) is 14.6. The van der Waals surface area contributed by atoms with Crippen LogP contribution in [0.2, 0.25) is 5.02 Å². The molecule has 0 aliphatic rings. The van der Waals surface area contributed by atoms with Crippen LogP contribution >= 0.6 is 22.9 Å². The Morgan fingerprint density at radius 1 is 1.47 bits per heavy atom. The summed E-state index contributed by atoms with van der Waals surface area (Å²) in [5, 5.41) is 3.71. The lowest BCUT2D eigenvalue weighted by Gasteiger charge is -2.25. The summed E-state index contributed by atoms with van der Waals surface area (Å²) in [5.74, 6) is -4.14. The molecule has 1 N–H and O–H groups in total. The van der Waals surface area contributed by atoms with Crippen LogP contribution in [-0.2, 0) is 0 Å². The zero-order chi connectivity index (χ0) is 11.6. The molecule has 1 aromatic heterocycles. The minimum absolute atomic E-state index is 0.0180. The van der Waals surface area contributed by atoms with Gasteiger partial charge in [-0.05, 0) is 18.5 Å². The molecule has 7 heteroatoms. The third-order valence-corrected chi connectivity index (χ3v) is 3.29. The van der Waals surface area contributed by atoms with Gasteiger partial charge in [0.25, 0.3) is 0 Å². The number of nitrogens with one attached hydrogen (secondary N) is 1. The third-order valence-electron chi connectivity index (χ3n) is 1.87. The molecule has 0 amide bonds. The van der Waals surface area contributed by atoms with Crippen molar-refractivity contribution >= 4 is 22.9 Å². The van der Waals surface area contributed by atoms with Crippen molar-refractivity contribution < 1.29 is 17.6 Å². The Labute approximate surface area is 93.0 Å². The van der Waals surface area contributed by atoms with Crippen LogP contribution in [-0.4, -0.2) is 19.4 Å². The first-order valence-corrected chi connectivity index (χ1v) is 5.23. The summed E-state index contributed by atoms with van der Waals surface area (Å²) in [4.78, 5) is 0.0180. The summed E-state index contributed by atoms with van der Waals surface area (Å²) in [5.41, 5.74) is 0. The van der Waals surface area contributed by atoms with E-state index in [9.17, 15) is 17.6 Å². The van der Waals surface area contributed by atoms with Gasteiger partial charge in [-0.2, -0.15) is 8.78 Å². The molecule has 86 valence electrons. The van der Waals surface area contributed by atoms with Gasteiger partial charge in [0.1, 0.15) is 6.04 Å². The monoisotopic (exact) mass is 261 g/mol. The minimum atomic E-state index is -4.14. The Morgan fingerprint density at radius 3 is 2.40 bits per heavy atom. The first kappa shape index (κ1) is 12.7. The lowest BCUT2D eigenvalue weighted by atomic mass is 10.1. The number of alkyl halides is 4. The average molecular weight is 262 g/mol. The molecule has 1 rings (SSSR count). The van der Waals surface area contributed by atoms with Crippen molar-refractivity contribution in [3.8, 4) is 0 Å². The van der Waals surface area contributed by atoms with Crippen LogP contribution in [0.15, 0.2) is 11.4 Å². The zero-order valence-electron chi connectivity index (χ0n) is 7.61. The second-order valence-corrected chi connectivity index (χ2v) is 4.18. The zero-order valence-corrected chi connectivity index (χ0v) is 9.18. The molecule has 0 bridgehead atoms. The summed E-state index contributed by atoms with van der Waals surface area (Å²) in [7, 11) is 1.19. The van der Waals surface area contributed by atoms with Gasteiger partial charge < -0.3 is 5.32 Å². The number of hydrogen-bond acceptors (Lipinski definition) is 2. The van der Waals surface area contributed by atoms with Gasteiger partial charge in [-0.25, -0.2) is 8.78 Å². The van der Waals surface area contributed by atoms with Gasteiger partial charge in [0.15, 0.2) is 0 Å². The first-order chi connectivity index (χ1) is 6.91. The fourth-order valence-electron chi connectivity index (χ4n) is 1.14. The molecule has 0 spiro atoms. The predicted octanol–water partition coefficient (Wildman–Crippen LogP) is 3.56. The second kappa shape index (κ2) is 4.67. The molecular weight excluding hydrogens is 254 g/mol. The molecule has 1 aromatic rings. The van der Waals surface area contributed by atoms with Gasteiger partial charge in [0.2, 0.25) is 0 Å². The fraction of sp³-hybridized carbons (Fsp3) is 0.500. The SMILES string of the molecule is CNC(c1sccc1Cl)C(F)(F)C(F)F. The molecule has 0 fully saturated rings. The number of rotatable bonds is 4. The lowest BCUT2D eigenvalue weighted by Crippen LogP contribution is -2.40. The molecule has 0 aromatic carbocycles. The second-order valence-electron chi connectivity index (χ2n) is 2.83. The molecule has 15 heavy (non-hydrogen) atoms. The van der Waals surface area contributed by atoms with Crippen molar-refractivity contribution in [1.29, 1.82) is 0 Å². The van der Waals surface area contributed by atoms with Crippen LogP contribution in [0, 0.1) is 0 Å². The van der Waals surface area contributed by atoms with Crippen molar-refractivity contribution in [1.82, 2.24) is 5.32 Å². The van der Waals surface area contributed by atoms with Gasteiger partial charge in [-0.1, -0.05) is 11.6 Å². The van der Waals surface area contributed by atoms with E-state index in [1.54, 1.807) is 0 Å². The van der Waals surface area contributed by atoms with E-state index in [1.165, 1.54) is 18.5 Å². The number of halogens is 5. The van der Waals surface area contributed by atoms with E-state index in [2.05, 4.69) is 5.32 Å². The van der Waals surface area contributed by atoms with E-state index in [1.807, 2.05) is 0 Å². The van der Waals surface area contributed by atoms with Crippen LogP contribution in [0.5, 0.6) is 0 Å². The van der Waals surface area contributed by atoms with Crippen molar-refractivity contribution in [2.45, 2.75) is 18.4 Å². The summed E-state index contributed by atoms with van der Waals surface area (Å²) in [6, 6.07) is -0.363. The van der Waals surface area contributed by atoms with Gasteiger partial charge >= 0.3 is 12.3 Å². The molecule has 0 saturated carbocycles. The van der Waals surface area contributed by atoms with E-state index in [-0.39, 0.29) is 9.90 Å². The molecule has 1 heterocycles. The van der Waals surface area contributed by atoms with E-state index in [4.69, 9.17) is 11.6 Å². The Kier molecular flexibility index (Phi) is 3.97.